The number of anilines is 1. The second kappa shape index (κ2) is 9.78. The predicted molar refractivity (Wildman–Crippen MR) is 143 cm³/mol. The number of ether oxygens (including phenoxy) is 1. The molecule has 1 N–H and O–H groups in total. The molecule has 3 heterocycles. The number of urea groups is 1. The Labute approximate surface area is 218 Å². The van der Waals surface area contributed by atoms with Crippen molar-refractivity contribution in [1.29, 1.82) is 0 Å². The average molecular weight is 521 g/mol. The first-order chi connectivity index (χ1) is 17.8. The minimum Gasteiger partial charge on any atom is -0.481 e. The summed E-state index contributed by atoms with van der Waals surface area (Å²) in [5, 5.41) is 3.01. The third-order valence-corrected chi connectivity index (χ3v) is 9.36. The summed E-state index contributed by atoms with van der Waals surface area (Å²) in [4.78, 5) is 24.9. The van der Waals surface area contributed by atoms with Crippen LogP contribution in [0.4, 0.5) is 10.5 Å². The molecule has 2 amide bonds. The van der Waals surface area contributed by atoms with Crippen LogP contribution in [0, 0.1) is 6.92 Å². The van der Waals surface area contributed by atoms with E-state index in [4.69, 9.17) is 9.72 Å². The van der Waals surface area contributed by atoms with Crippen molar-refractivity contribution in [3.05, 3.63) is 65.5 Å². The molecular weight excluding hydrogens is 488 g/mol. The van der Waals surface area contributed by atoms with Crippen LogP contribution in [-0.2, 0) is 21.8 Å². The molecule has 1 aliphatic heterocycles. The van der Waals surface area contributed by atoms with Crippen LogP contribution in [0.1, 0.15) is 49.4 Å². The van der Waals surface area contributed by atoms with Crippen LogP contribution in [0.25, 0.3) is 11.3 Å². The lowest BCUT2D eigenvalue weighted by Gasteiger charge is -2.24. The van der Waals surface area contributed by atoms with E-state index < -0.39 is 9.84 Å². The first-order valence-electron chi connectivity index (χ1n) is 12.7. The van der Waals surface area contributed by atoms with Crippen LogP contribution in [0.5, 0.6) is 5.88 Å². The molecular formula is C28H32N4O4S. The van der Waals surface area contributed by atoms with Crippen molar-refractivity contribution in [3.8, 4) is 17.1 Å². The number of carbonyl (C=O) groups is 1. The first kappa shape index (κ1) is 25.2. The number of rotatable bonds is 6. The third kappa shape index (κ3) is 4.68. The van der Waals surface area contributed by atoms with Crippen molar-refractivity contribution in [2.75, 3.05) is 24.3 Å². The van der Waals surface area contributed by atoms with E-state index in [1.54, 1.807) is 44.5 Å². The second-order valence-electron chi connectivity index (χ2n) is 9.89. The maximum Gasteiger partial charge on any atom is 0.322 e. The summed E-state index contributed by atoms with van der Waals surface area (Å²) in [6.45, 7) is 4.57. The molecule has 5 rings (SSSR count). The fourth-order valence-corrected chi connectivity index (χ4v) is 6.35. The van der Waals surface area contributed by atoms with Gasteiger partial charge in [-0.25, -0.2) is 23.2 Å². The highest BCUT2D eigenvalue weighted by molar-refractivity contribution is 7.91. The van der Waals surface area contributed by atoms with Gasteiger partial charge in [-0.3, -0.25) is 4.90 Å². The molecule has 0 radical (unpaired) electrons. The standard InChI is InChI=1S/C28H32N4O4S/c1-4-37(34,35)21-9-7-20(8-10-21)16-30-27(33)32-18-28(13-5-6-14-28)26-24(32)12-11-23(31-26)22-17-29-25(36-3)15-19(22)2/h7-12,15,17H,4-6,13-14,16,18H2,1-3H3,(H,30,33). The van der Waals surface area contributed by atoms with Gasteiger partial charge in [0.2, 0.25) is 5.88 Å². The lowest BCUT2D eigenvalue weighted by Crippen LogP contribution is -2.41. The lowest BCUT2D eigenvalue weighted by atomic mass is 9.84. The quantitative estimate of drug-likeness (QED) is 0.501. The van der Waals surface area contributed by atoms with Gasteiger partial charge < -0.3 is 10.1 Å². The molecule has 37 heavy (non-hydrogen) atoms. The lowest BCUT2D eigenvalue weighted by molar-refractivity contribution is 0.245. The number of amides is 2. The van der Waals surface area contributed by atoms with E-state index in [9.17, 15) is 13.2 Å². The molecule has 194 valence electrons. The smallest absolute Gasteiger partial charge is 0.322 e. The van der Waals surface area contributed by atoms with Gasteiger partial charge in [-0.05, 0) is 55.2 Å². The van der Waals surface area contributed by atoms with E-state index in [1.807, 2.05) is 30.0 Å². The van der Waals surface area contributed by atoms with Gasteiger partial charge in [0.15, 0.2) is 9.84 Å². The monoisotopic (exact) mass is 520 g/mol. The van der Waals surface area contributed by atoms with E-state index in [-0.39, 0.29) is 17.2 Å². The highest BCUT2D eigenvalue weighted by atomic mass is 32.2. The minimum absolute atomic E-state index is 0.0590. The fourth-order valence-electron chi connectivity index (χ4n) is 5.46. The van der Waals surface area contributed by atoms with Crippen LogP contribution in [-0.4, -0.2) is 43.8 Å². The maximum absolute atomic E-state index is 13.3. The summed E-state index contributed by atoms with van der Waals surface area (Å²) in [5.74, 6) is 0.628. The number of sulfone groups is 1. The van der Waals surface area contributed by atoms with Gasteiger partial charge in [0.1, 0.15) is 0 Å². The van der Waals surface area contributed by atoms with Crippen LogP contribution in [0.15, 0.2) is 53.6 Å². The van der Waals surface area contributed by atoms with E-state index in [2.05, 4.69) is 10.3 Å². The van der Waals surface area contributed by atoms with Gasteiger partial charge in [-0.15, -0.1) is 0 Å². The van der Waals surface area contributed by atoms with Crippen molar-refractivity contribution in [1.82, 2.24) is 15.3 Å². The largest absolute Gasteiger partial charge is 0.481 e. The normalized spacial score (nSPS) is 16.1. The number of carbonyl (C=O) groups excluding carboxylic acids is 1. The number of fused-ring (bicyclic) bond motifs is 2. The zero-order valence-electron chi connectivity index (χ0n) is 21.5. The Hall–Kier alpha value is -3.46. The third-order valence-electron chi connectivity index (χ3n) is 7.61. The first-order valence-corrected chi connectivity index (χ1v) is 14.3. The molecule has 0 saturated heterocycles. The fraction of sp³-hybridized carbons (Fsp3) is 0.393. The number of benzene rings is 1. The van der Waals surface area contributed by atoms with E-state index in [0.717, 1.165) is 59.4 Å². The molecule has 8 nitrogen and oxygen atoms in total. The van der Waals surface area contributed by atoms with Crippen molar-refractivity contribution < 1.29 is 17.9 Å². The molecule has 2 aromatic heterocycles. The van der Waals surface area contributed by atoms with E-state index in [0.29, 0.717) is 23.9 Å². The SMILES string of the molecule is CCS(=O)(=O)c1ccc(CNC(=O)N2CC3(CCCC3)c3nc(-c4cnc(OC)cc4C)ccc32)cc1. The zero-order valence-corrected chi connectivity index (χ0v) is 22.3. The molecule has 2 aliphatic rings. The van der Waals surface area contributed by atoms with Gasteiger partial charge in [0.05, 0.1) is 34.8 Å². The Balaban J connectivity index is 1.38. The molecule has 0 atom stereocenters. The Kier molecular flexibility index (Phi) is 6.66. The van der Waals surface area contributed by atoms with Crippen LogP contribution >= 0.6 is 0 Å². The van der Waals surface area contributed by atoms with Crippen molar-refractivity contribution in [3.63, 3.8) is 0 Å². The number of nitrogens with one attached hydrogen (secondary N) is 1. The Morgan fingerprint density at radius 2 is 1.86 bits per heavy atom. The molecule has 0 bridgehead atoms. The van der Waals surface area contributed by atoms with Crippen molar-refractivity contribution in [2.45, 2.75) is 56.4 Å². The summed E-state index contributed by atoms with van der Waals surface area (Å²) in [6, 6.07) is 12.4. The van der Waals surface area contributed by atoms with E-state index >= 15 is 0 Å². The predicted octanol–water partition coefficient (Wildman–Crippen LogP) is 4.80. The number of pyridine rings is 2. The molecule has 1 spiro atoms. The van der Waals surface area contributed by atoms with Crippen LogP contribution in [0.3, 0.4) is 0 Å². The van der Waals surface area contributed by atoms with Crippen molar-refractivity contribution >= 4 is 21.6 Å². The maximum atomic E-state index is 13.3. The molecule has 1 fully saturated rings. The molecule has 3 aromatic rings. The highest BCUT2D eigenvalue weighted by Gasteiger charge is 2.47. The summed E-state index contributed by atoms with van der Waals surface area (Å²) in [5.41, 5.74) is 5.38. The number of aryl methyl sites for hydroxylation is 1. The summed E-state index contributed by atoms with van der Waals surface area (Å²) in [7, 11) is -1.65. The number of hydrogen-bond donors (Lipinski definition) is 1. The molecule has 1 saturated carbocycles. The number of methoxy groups -OCH3 is 1. The van der Waals surface area contributed by atoms with Crippen LogP contribution < -0.4 is 15.0 Å². The van der Waals surface area contributed by atoms with E-state index in [1.165, 1.54) is 0 Å². The Morgan fingerprint density at radius 1 is 1.14 bits per heavy atom. The summed E-state index contributed by atoms with van der Waals surface area (Å²) in [6.07, 6.45) is 6.05. The van der Waals surface area contributed by atoms with Gasteiger partial charge >= 0.3 is 6.03 Å². The van der Waals surface area contributed by atoms with Gasteiger partial charge in [0, 0.05) is 36.3 Å². The minimum atomic E-state index is -3.25. The highest BCUT2D eigenvalue weighted by Crippen LogP contribution is 2.50. The molecule has 0 unspecified atom stereocenters. The van der Waals surface area contributed by atoms with Gasteiger partial charge in [-0.1, -0.05) is 31.9 Å². The number of nitrogens with zero attached hydrogens (tertiary/aromatic N) is 3. The Morgan fingerprint density at radius 3 is 2.51 bits per heavy atom. The number of aromatic nitrogens is 2. The Bertz CT molecular complexity index is 1430. The average Bonchev–Trinajstić information content (AvgIpc) is 3.52. The zero-order chi connectivity index (χ0) is 26.2. The van der Waals surface area contributed by atoms with Gasteiger partial charge in [-0.2, -0.15) is 0 Å². The molecule has 1 aliphatic carbocycles. The summed E-state index contributed by atoms with van der Waals surface area (Å²) < 4.78 is 29.4. The summed E-state index contributed by atoms with van der Waals surface area (Å²) >= 11 is 0. The molecule has 1 aromatic carbocycles. The number of hydrogen-bond acceptors (Lipinski definition) is 6. The van der Waals surface area contributed by atoms with Crippen LogP contribution in [0.2, 0.25) is 0 Å². The topological polar surface area (TPSA) is 101 Å². The van der Waals surface area contributed by atoms with Crippen molar-refractivity contribution in [2.24, 2.45) is 0 Å². The second-order valence-corrected chi connectivity index (χ2v) is 12.2. The molecule has 9 heteroatoms. The van der Waals surface area contributed by atoms with Gasteiger partial charge in [0.25, 0.3) is 0 Å².